The summed E-state index contributed by atoms with van der Waals surface area (Å²) in [6.07, 6.45) is 2.96. The van der Waals surface area contributed by atoms with Gasteiger partial charge in [-0.2, -0.15) is 0 Å². The van der Waals surface area contributed by atoms with E-state index in [2.05, 4.69) is 26.0 Å². The number of methoxy groups -OCH3 is 1. The first-order valence-corrected chi connectivity index (χ1v) is 6.99. The van der Waals surface area contributed by atoms with E-state index < -0.39 is 0 Å². The topological polar surface area (TPSA) is 29.5 Å². The Balaban J connectivity index is 2.16. The summed E-state index contributed by atoms with van der Waals surface area (Å²) < 4.78 is 5.52. The van der Waals surface area contributed by atoms with Crippen LogP contribution in [-0.2, 0) is 16.6 Å². The van der Waals surface area contributed by atoms with Gasteiger partial charge in [-0.15, -0.1) is 0 Å². The molecule has 2 bridgehead atoms. The van der Waals surface area contributed by atoms with Gasteiger partial charge in [0.25, 0.3) is 0 Å². The number of carbonyl (C=O) groups excluding carboxylic acids is 1. The number of likely N-dealkylation sites (tertiary alicyclic amines) is 1. The fraction of sp³-hybridized carbons (Fsp3) is 0.562. The minimum Gasteiger partial charge on any atom is -0.496 e. The number of ether oxygens (including phenoxy) is 1. The van der Waals surface area contributed by atoms with Crippen LogP contribution in [0.4, 0.5) is 0 Å². The minimum atomic E-state index is 0.159. The SMILES string of the molecule is COc1cccc2c1CC1C(C)C2(C)CCN1C=O. The van der Waals surface area contributed by atoms with Crippen LogP contribution in [0.1, 0.15) is 31.4 Å². The van der Waals surface area contributed by atoms with Crippen LogP contribution in [0.15, 0.2) is 18.2 Å². The first-order chi connectivity index (χ1) is 9.11. The number of hydrogen-bond donors (Lipinski definition) is 0. The quantitative estimate of drug-likeness (QED) is 0.763. The second kappa shape index (κ2) is 4.26. The lowest BCUT2D eigenvalue weighted by molar-refractivity contribution is -0.124. The van der Waals surface area contributed by atoms with Gasteiger partial charge in [-0.05, 0) is 41.4 Å². The number of benzene rings is 1. The highest BCUT2D eigenvalue weighted by Gasteiger charge is 2.48. The molecule has 1 amide bonds. The summed E-state index contributed by atoms with van der Waals surface area (Å²) in [4.78, 5) is 13.2. The highest BCUT2D eigenvalue weighted by atomic mass is 16.5. The Morgan fingerprint density at radius 3 is 2.95 bits per heavy atom. The van der Waals surface area contributed by atoms with E-state index in [0.717, 1.165) is 31.5 Å². The van der Waals surface area contributed by atoms with Crippen LogP contribution >= 0.6 is 0 Å². The molecule has 1 aromatic carbocycles. The fourth-order valence-corrected chi connectivity index (χ4v) is 3.98. The first-order valence-electron chi connectivity index (χ1n) is 6.99. The Labute approximate surface area is 114 Å². The second-order valence-corrected chi connectivity index (χ2v) is 6.06. The van der Waals surface area contributed by atoms with E-state index in [1.54, 1.807) is 7.11 Å². The van der Waals surface area contributed by atoms with Gasteiger partial charge in [-0.25, -0.2) is 0 Å². The highest BCUT2D eigenvalue weighted by Crippen LogP contribution is 2.50. The van der Waals surface area contributed by atoms with Crippen molar-refractivity contribution in [1.82, 2.24) is 4.90 Å². The van der Waals surface area contributed by atoms with Crippen molar-refractivity contribution in [2.45, 2.75) is 38.1 Å². The summed E-state index contributed by atoms with van der Waals surface area (Å²) in [5.74, 6) is 1.46. The molecule has 2 aliphatic rings. The van der Waals surface area contributed by atoms with E-state index in [-0.39, 0.29) is 5.41 Å². The van der Waals surface area contributed by atoms with Gasteiger partial charge in [0.05, 0.1) is 7.11 Å². The molecule has 0 saturated carbocycles. The van der Waals surface area contributed by atoms with Gasteiger partial charge in [0.2, 0.25) is 6.41 Å². The van der Waals surface area contributed by atoms with Gasteiger partial charge in [0, 0.05) is 12.6 Å². The van der Waals surface area contributed by atoms with Crippen molar-refractivity contribution in [2.75, 3.05) is 13.7 Å². The van der Waals surface area contributed by atoms with E-state index in [1.165, 1.54) is 11.1 Å². The fourth-order valence-electron chi connectivity index (χ4n) is 3.98. The van der Waals surface area contributed by atoms with E-state index in [9.17, 15) is 4.79 Å². The van der Waals surface area contributed by atoms with Crippen molar-refractivity contribution < 1.29 is 9.53 Å². The molecular formula is C16H21NO2. The number of rotatable bonds is 2. The number of nitrogens with zero attached hydrogens (tertiary/aromatic N) is 1. The molecule has 3 atom stereocenters. The Kier molecular flexibility index (Phi) is 2.80. The van der Waals surface area contributed by atoms with Gasteiger partial charge in [0.15, 0.2) is 0 Å². The molecule has 1 saturated heterocycles. The summed E-state index contributed by atoms with van der Waals surface area (Å²) >= 11 is 0. The summed E-state index contributed by atoms with van der Waals surface area (Å²) in [5, 5.41) is 0. The molecule has 1 aromatic rings. The van der Waals surface area contributed by atoms with Crippen LogP contribution in [0.25, 0.3) is 0 Å². The van der Waals surface area contributed by atoms with Crippen molar-refractivity contribution in [2.24, 2.45) is 5.92 Å². The molecule has 0 aromatic heterocycles. The van der Waals surface area contributed by atoms with Crippen LogP contribution in [0.2, 0.25) is 0 Å². The third kappa shape index (κ3) is 1.60. The molecule has 1 aliphatic carbocycles. The molecule has 3 heteroatoms. The van der Waals surface area contributed by atoms with Gasteiger partial charge < -0.3 is 9.64 Å². The zero-order valence-electron chi connectivity index (χ0n) is 11.8. The zero-order valence-corrected chi connectivity index (χ0v) is 11.8. The van der Waals surface area contributed by atoms with E-state index >= 15 is 0 Å². The Hall–Kier alpha value is -1.51. The minimum absolute atomic E-state index is 0.159. The first kappa shape index (κ1) is 12.5. The smallest absolute Gasteiger partial charge is 0.209 e. The lowest BCUT2D eigenvalue weighted by Crippen LogP contribution is -2.57. The maximum Gasteiger partial charge on any atom is 0.209 e. The molecule has 1 aliphatic heterocycles. The predicted octanol–water partition coefficient (Wildman–Crippen LogP) is 2.38. The average Bonchev–Trinajstić information content (AvgIpc) is 2.42. The number of amides is 1. The van der Waals surface area contributed by atoms with Crippen molar-refractivity contribution in [3.63, 3.8) is 0 Å². The number of hydrogen-bond acceptors (Lipinski definition) is 2. The maximum atomic E-state index is 11.3. The van der Waals surface area contributed by atoms with E-state index in [0.29, 0.717) is 12.0 Å². The molecule has 0 N–H and O–H groups in total. The van der Waals surface area contributed by atoms with Crippen LogP contribution in [-0.4, -0.2) is 31.0 Å². The average molecular weight is 259 g/mol. The lowest BCUT2D eigenvalue weighted by Gasteiger charge is -2.53. The van der Waals surface area contributed by atoms with Gasteiger partial charge in [-0.1, -0.05) is 26.0 Å². The van der Waals surface area contributed by atoms with Crippen molar-refractivity contribution >= 4 is 6.41 Å². The molecule has 1 fully saturated rings. The van der Waals surface area contributed by atoms with Gasteiger partial charge >= 0.3 is 0 Å². The van der Waals surface area contributed by atoms with Crippen LogP contribution in [0.3, 0.4) is 0 Å². The standard InChI is InChI=1S/C16H21NO2/c1-11-14-9-12-13(5-4-6-15(12)19-3)16(11,2)7-8-17(14)10-18/h4-6,10-11,14H,7-9H2,1-3H3. The Bertz CT molecular complexity index is 513. The molecule has 0 spiro atoms. The normalized spacial score (nSPS) is 32.7. The monoisotopic (exact) mass is 259 g/mol. The Morgan fingerprint density at radius 2 is 2.26 bits per heavy atom. The molecule has 3 nitrogen and oxygen atoms in total. The number of piperidine rings is 1. The van der Waals surface area contributed by atoms with Crippen LogP contribution < -0.4 is 4.74 Å². The largest absolute Gasteiger partial charge is 0.496 e. The molecular weight excluding hydrogens is 238 g/mol. The Morgan fingerprint density at radius 1 is 1.47 bits per heavy atom. The van der Waals surface area contributed by atoms with Crippen molar-refractivity contribution in [3.05, 3.63) is 29.3 Å². The summed E-state index contributed by atoms with van der Waals surface area (Å²) in [7, 11) is 1.73. The molecule has 19 heavy (non-hydrogen) atoms. The van der Waals surface area contributed by atoms with Gasteiger partial charge in [-0.3, -0.25) is 4.79 Å². The second-order valence-electron chi connectivity index (χ2n) is 6.06. The predicted molar refractivity (Wildman–Crippen MR) is 74.4 cm³/mol. The zero-order chi connectivity index (χ0) is 13.6. The summed E-state index contributed by atoms with van der Waals surface area (Å²) in [6.45, 7) is 5.48. The third-order valence-electron chi connectivity index (χ3n) is 5.41. The molecule has 3 rings (SSSR count). The third-order valence-corrected chi connectivity index (χ3v) is 5.41. The van der Waals surface area contributed by atoms with Crippen LogP contribution in [0, 0.1) is 5.92 Å². The lowest BCUT2D eigenvalue weighted by atomic mass is 9.59. The number of carbonyl (C=O) groups is 1. The van der Waals surface area contributed by atoms with E-state index in [4.69, 9.17) is 4.74 Å². The van der Waals surface area contributed by atoms with Crippen molar-refractivity contribution in [1.29, 1.82) is 0 Å². The molecule has 3 unspecified atom stereocenters. The molecule has 0 radical (unpaired) electrons. The van der Waals surface area contributed by atoms with Gasteiger partial charge in [0.1, 0.15) is 5.75 Å². The maximum absolute atomic E-state index is 11.3. The molecule has 1 heterocycles. The highest BCUT2D eigenvalue weighted by molar-refractivity contribution is 5.53. The molecule has 102 valence electrons. The van der Waals surface area contributed by atoms with Crippen LogP contribution in [0.5, 0.6) is 5.75 Å². The summed E-state index contributed by atoms with van der Waals surface area (Å²) in [6, 6.07) is 6.66. The number of fused-ring (bicyclic) bond motifs is 4. The van der Waals surface area contributed by atoms with E-state index in [1.807, 2.05) is 11.0 Å². The van der Waals surface area contributed by atoms with Crippen molar-refractivity contribution in [3.8, 4) is 5.75 Å². The summed E-state index contributed by atoms with van der Waals surface area (Å²) in [5.41, 5.74) is 2.87.